The number of hydrogen-bond acceptors (Lipinski definition) is 6. The number of amides is 2. The highest BCUT2D eigenvalue weighted by Gasteiger charge is 2.32. The number of carbonyl (C=O) groups is 2. The molecule has 0 fully saturated rings. The molecule has 0 aliphatic carbocycles. The third-order valence-corrected chi connectivity index (χ3v) is 9.14. The first-order valence-corrected chi connectivity index (χ1v) is 15.8. The van der Waals surface area contributed by atoms with E-state index in [2.05, 4.69) is 24.0 Å². The Kier molecular flexibility index (Phi) is 7.09. The van der Waals surface area contributed by atoms with Crippen LogP contribution in [0.5, 0.6) is 17.2 Å². The minimum absolute atomic E-state index is 0.0189. The van der Waals surface area contributed by atoms with Crippen LogP contribution in [0.25, 0.3) is 16.8 Å². The van der Waals surface area contributed by atoms with Gasteiger partial charge in [0.2, 0.25) is 6.79 Å². The first-order chi connectivity index (χ1) is 23.4. The lowest BCUT2D eigenvalue weighted by Crippen LogP contribution is -2.42. The van der Waals surface area contributed by atoms with Gasteiger partial charge in [0.05, 0.1) is 28.0 Å². The van der Waals surface area contributed by atoms with E-state index < -0.39 is 0 Å². The minimum atomic E-state index is -0.281. The second-order valence-corrected chi connectivity index (χ2v) is 12.2. The first kappa shape index (κ1) is 29.3. The molecule has 0 saturated heterocycles. The highest BCUT2D eigenvalue weighted by Crippen LogP contribution is 2.42. The standard InChI is InChI=1S/C39H32N4O5/c1-24-17-29(14-15-40-24)43(28-10-12-30(44)13-11-28)39(46)33-19-35(41-16-6-5-9-34(33)41)31-20-36-37(48-23-47-36)21-32(31)38(45)42-22-27-8-4-3-7-26(27)18-25(42)2/h3-17,19-21,25,44H,18,22-23H2,1-2H3/t25-/m1/s1. The Hall–Kier alpha value is -6.09. The summed E-state index contributed by atoms with van der Waals surface area (Å²) < 4.78 is 13.5. The summed E-state index contributed by atoms with van der Waals surface area (Å²) in [6, 6.07) is 29.5. The number of anilines is 2. The van der Waals surface area contributed by atoms with Gasteiger partial charge in [-0.05, 0) is 98.1 Å². The lowest BCUT2D eigenvalue weighted by atomic mass is 9.93. The van der Waals surface area contributed by atoms with Crippen LogP contribution in [0, 0.1) is 6.92 Å². The van der Waals surface area contributed by atoms with Gasteiger partial charge in [-0.1, -0.05) is 30.3 Å². The highest BCUT2D eigenvalue weighted by atomic mass is 16.7. The predicted octanol–water partition coefficient (Wildman–Crippen LogP) is 7.31. The van der Waals surface area contributed by atoms with Gasteiger partial charge in [0, 0.05) is 41.9 Å². The van der Waals surface area contributed by atoms with Crippen LogP contribution in [-0.2, 0) is 13.0 Å². The Labute approximate surface area is 277 Å². The third-order valence-electron chi connectivity index (χ3n) is 9.14. The molecule has 5 heterocycles. The molecule has 0 saturated carbocycles. The van der Waals surface area contributed by atoms with Gasteiger partial charge in [-0.25, -0.2) is 0 Å². The molecule has 0 bridgehead atoms. The van der Waals surface area contributed by atoms with Crippen molar-refractivity contribution >= 4 is 28.7 Å². The lowest BCUT2D eigenvalue weighted by molar-refractivity contribution is 0.0658. The third kappa shape index (κ3) is 5.00. The molecule has 2 amide bonds. The summed E-state index contributed by atoms with van der Waals surface area (Å²) in [5, 5.41) is 10.0. The quantitative estimate of drug-likeness (QED) is 0.213. The maximum absolute atomic E-state index is 14.7. The fraction of sp³-hybridized carbons (Fsp3) is 0.154. The van der Waals surface area contributed by atoms with E-state index >= 15 is 0 Å². The smallest absolute Gasteiger partial charge is 0.265 e. The van der Waals surface area contributed by atoms with Gasteiger partial charge >= 0.3 is 0 Å². The number of phenols is 1. The van der Waals surface area contributed by atoms with E-state index in [4.69, 9.17) is 9.47 Å². The Morgan fingerprint density at radius 1 is 0.854 bits per heavy atom. The number of benzene rings is 3. The molecule has 1 N–H and O–H groups in total. The van der Waals surface area contributed by atoms with E-state index in [1.165, 1.54) is 5.56 Å². The van der Waals surface area contributed by atoms with E-state index in [-0.39, 0.29) is 30.4 Å². The van der Waals surface area contributed by atoms with Crippen molar-refractivity contribution in [3.63, 3.8) is 0 Å². The zero-order chi connectivity index (χ0) is 32.9. The number of aromatic nitrogens is 2. The van der Waals surface area contributed by atoms with E-state index in [9.17, 15) is 14.7 Å². The van der Waals surface area contributed by atoms with E-state index in [0.717, 1.165) is 17.7 Å². The minimum Gasteiger partial charge on any atom is -0.508 e. The predicted molar refractivity (Wildman–Crippen MR) is 182 cm³/mol. The topological polar surface area (TPSA) is 96.6 Å². The summed E-state index contributed by atoms with van der Waals surface area (Å²) >= 11 is 0. The Balaban J connectivity index is 1.28. The van der Waals surface area contributed by atoms with Gasteiger partial charge in [0.1, 0.15) is 5.75 Å². The second kappa shape index (κ2) is 11.6. The van der Waals surface area contributed by atoms with Gasteiger partial charge < -0.3 is 23.9 Å². The summed E-state index contributed by atoms with van der Waals surface area (Å²) in [5.41, 5.74) is 7.22. The number of nitrogens with zero attached hydrogens (tertiary/aromatic N) is 4. The van der Waals surface area contributed by atoms with Crippen LogP contribution in [0.2, 0.25) is 0 Å². The number of carbonyl (C=O) groups excluding carboxylic acids is 2. The molecular formula is C39H32N4O5. The number of aromatic hydroxyl groups is 1. The molecule has 238 valence electrons. The highest BCUT2D eigenvalue weighted by molar-refractivity contribution is 6.16. The number of aryl methyl sites for hydroxylation is 1. The summed E-state index contributed by atoms with van der Waals surface area (Å²) in [6.45, 7) is 4.50. The number of ether oxygens (including phenoxy) is 2. The van der Waals surface area contributed by atoms with Crippen molar-refractivity contribution in [1.82, 2.24) is 14.3 Å². The van der Waals surface area contributed by atoms with E-state index in [1.54, 1.807) is 47.5 Å². The average molecular weight is 637 g/mol. The zero-order valence-corrected chi connectivity index (χ0v) is 26.5. The van der Waals surface area contributed by atoms with Crippen LogP contribution in [0.15, 0.2) is 109 Å². The van der Waals surface area contributed by atoms with Crippen molar-refractivity contribution in [2.24, 2.45) is 0 Å². The molecule has 0 radical (unpaired) electrons. The van der Waals surface area contributed by atoms with E-state index in [1.807, 2.05) is 71.0 Å². The first-order valence-electron chi connectivity index (χ1n) is 15.8. The Bertz CT molecular complexity index is 2220. The number of pyridine rings is 2. The van der Waals surface area contributed by atoms with Crippen molar-refractivity contribution in [2.75, 3.05) is 11.7 Å². The molecule has 48 heavy (non-hydrogen) atoms. The normalized spacial score (nSPS) is 15.0. The van der Waals surface area contributed by atoms with Gasteiger partial charge in [0.25, 0.3) is 11.8 Å². The molecule has 9 heteroatoms. The summed E-state index contributed by atoms with van der Waals surface area (Å²) in [4.78, 5) is 37.1. The fourth-order valence-electron chi connectivity index (χ4n) is 6.74. The van der Waals surface area contributed by atoms with Gasteiger partial charge in [-0.15, -0.1) is 0 Å². The number of rotatable bonds is 5. The summed E-state index contributed by atoms with van der Waals surface area (Å²) in [6.07, 6.45) is 4.32. The molecule has 2 aliphatic rings. The van der Waals surface area contributed by atoms with Crippen LogP contribution in [0.1, 0.15) is 44.5 Å². The van der Waals surface area contributed by atoms with Crippen molar-refractivity contribution in [1.29, 1.82) is 0 Å². The Morgan fingerprint density at radius 2 is 1.60 bits per heavy atom. The lowest BCUT2D eigenvalue weighted by Gasteiger charge is -2.35. The number of phenolic OH excluding ortho intramolecular Hbond substituents is 1. The van der Waals surface area contributed by atoms with Crippen LogP contribution in [0.3, 0.4) is 0 Å². The van der Waals surface area contributed by atoms with Crippen molar-refractivity contribution < 1.29 is 24.2 Å². The number of hydrogen-bond donors (Lipinski definition) is 1. The van der Waals surface area contributed by atoms with Gasteiger partial charge in [-0.3, -0.25) is 19.5 Å². The maximum atomic E-state index is 14.7. The van der Waals surface area contributed by atoms with Crippen LogP contribution >= 0.6 is 0 Å². The molecule has 2 aliphatic heterocycles. The molecule has 6 aromatic rings. The molecule has 0 spiro atoms. The zero-order valence-electron chi connectivity index (χ0n) is 26.5. The molecular weight excluding hydrogens is 604 g/mol. The van der Waals surface area contributed by atoms with Crippen LogP contribution < -0.4 is 14.4 Å². The maximum Gasteiger partial charge on any atom is 0.265 e. The second-order valence-electron chi connectivity index (χ2n) is 12.2. The summed E-state index contributed by atoms with van der Waals surface area (Å²) in [7, 11) is 0. The molecule has 9 nitrogen and oxygen atoms in total. The fourth-order valence-corrected chi connectivity index (χ4v) is 6.74. The average Bonchev–Trinajstić information content (AvgIpc) is 3.73. The number of fused-ring (bicyclic) bond motifs is 3. The van der Waals surface area contributed by atoms with Gasteiger partial charge in [-0.2, -0.15) is 0 Å². The molecule has 3 aromatic heterocycles. The molecule has 1 atom stereocenters. The van der Waals surface area contributed by atoms with Crippen molar-refractivity contribution in [3.8, 4) is 28.5 Å². The molecule has 3 aromatic carbocycles. The monoisotopic (exact) mass is 636 g/mol. The summed E-state index contributed by atoms with van der Waals surface area (Å²) in [5.74, 6) is 0.740. The molecule has 8 rings (SSSR count). The SMILES string of the molecule is Cc1cc(N(C(=O)c2cc(-c3cc4c(cc3C(=O)N3Cc5ccccc5C[C@H]3C)OCO4)n3ccccc23)c2ccc(O)cc2)ccn1. The van der Waals surface area contributed by atoms with Crippen LogP contribution in [-0.4, -0.2) is 44.0 Å². The largest absolute Gasteiger partial charge is 0.508 e. The Morgan fingerprint density at radius 3 is 2.40 bits per heavy atom. The van der Waals surface area contributed by atoms with Crippen molar-refractivity contribution in [3.05, 3.63) is 137 Å². The van der Waals surface area contributed by atoms with Crippen molar-refractivity contribution in [2.45, 2.75) is 32.9 Å². The molecule has 0 unspecified atom stereocenters. The van der Waals surface area contributed by atoms with Gasteiger partial charge in [0.15, 0.2) is 11.5 Å². The van der Waals surface area contributed by atoms with Crippen LogP contribution in [0.4, 0.5) is 11.4 Å². The van der Waals surface area contributed by atoms with E-state index in [0.29, 0.717) is 57.3 Å².